The summed E-state index contributed by atoms with van der Waals surface area (Å²) in [4.78, 5) is 0. The number of hydrogen-bond acceptors (Lipinski definition) is 1. The van der Waals surface area contributed by atoms with E-state index in [1.165, 1.54) is 6.42 Å². The van der Waals surface area contributed by atoms with Gasteiger partial charge in [0.05, 0.1) is 6.10 Å². The second-order valence-electron chi connectivity index (χ2n) is 3.98. The first kappa shape index (κ1) is 6.01. The zero-order valence-electron chi connectivity index (χ0n) is 6.35. The van der Waals surface area contributed by atoms with Crippen molar-refractivity contribution in [2.75, 3.05) is 0 Å². The summed E-state index contributed by atoms with van der Waals surface area (Å²) in [6.07, 6.45) is 9.94. The fraction of sp³-hybridized carbons (Fsp3) is 0.600. The Morgan fingerprint density at radius 1 is 1.00 bits per heavy atom. The van der Waals surface area contributed by atoms with E-state index in [-0.39, 0.29) is 6.10 Å². The highest BCUT2D eigenvalue weighted by Gasteiger charge is 2.48. The summed E-state index contributed by atoms with van der Waals surface area (Å²) < 4.78 is 0. The van der Waals surface area contributed by atoms with Crippen LogP contribution in [-0.4, -0.2) is 11.2 Å². The second-order valence-corrected chi connectivity index (χ2v) is 3.98. The SMILES string of the molecule is O[C@H]1C=C[C@H]2C3C=CC(C3)[C@@H]12. The minimum Gasteiger partial charge on any atom is -0.389 e. The molecule has 2 unspecified atom stereocenters. The van der Waals surface area contributed by atoms with Gasteiger partial charge in [-0.2, -0.15) is 0 Å². The molecule has 3 rings (SSSR count). The van der Waals surface area contributed by atoms with Gasteiger partial charge in [0.15, 0.2) is 0 Å². The van der Waals surface area contributed by atoms with Crippen molar-refractivity contribution in [1.29, 1.82) is 0 Å². The maximum absolute atomic E-state index is 9.60. The lowest BCUT2D eigenvalue weighted by Gasteiger charge is -2.22. The van der Waals surface area contributed by atoms with Crippen molar-refractivity contribution >= 4 is 0 Å². The molecule has 0 radical (unpaired) electrons. The second kappa shape index (κ2) is 1.78. The first-order valence-corrected chi connectivity index (χ1v) is 4.41. The molecule has 0 aliphatic heterocycles. The summed E-state index contributed by atoms with van der Waals surface area (Å²) >= 11 is 0. The van der Waals surface area contributed by atoms with E-state index in [1.807, 2.05) is 6.08 Å². The molecule has 0 heterocycles. The van der Waals surface area contributed by atoms with E-state index < -0.39 is 0 Å². The van der Waals surface area contributed by atoms with Gasteiger partial charge in [-0.25, -0.2) is 0 Å². The zero-order chi connectivity index (χ0) is 7.42. The van der Waals surface area contributed by atoms with Crippen molar-refractivity contribution in [1.82, 2.24) is 0 Å². The molecule has 5 atom stereocenters. The van der Waals surface area contributed by atoms with Crippen molar-refractivity contribution in [2.45, 2.75) is 12.5 Å². The minimum absolute atomic E-state index is 0.153. The predicted octanol–water partition coefficient (Wildman–Crippen LogP) is 1.36. The van der Waals surface area contributed by atoms with Gasteiger partial charge in [-0.15, -0.1) is 0 Å². The van der Waals surface area contributed by atoms with E-state index in [9.17, 15) is 5.11 Å². The highest BCUT2D eigenvalue weighted by Crippen LogP contribution is 2.52. The number of hydrogen-bond donors (Lipinski definition) is 1. The smallest absolute Gasteiger partial charge is 0.0760 e. The van der Waals surface area contributed by atoms with Crippen LogP contribution < -0.4 is 0 Å². The maximum atomic E-state index is 9.60. The first-order valence-electron chi connectivity index (χ1n) is 4.41. The molecule has 3 aliphatic carbocycles. The Bertz CT molecular complexity index is 241. The van der Waals surface area contributed by atoms with Crippen LogP contribution in [0, 0.1) is 23.7 Å². The number of aliphatic hydroxyl groups is 1. The summed E-state index contributed by atoms with van der Waals surface area (Å²) in [6, 6.07) is 0. The van der Waals surface area contributed by atoms with Crippen LogP contribution in [0.15, 0.2) is 24.3 Å². The number of aliphatic hydroxyl groups excluding tert-OH is 1. The quantitative estimate of drug-likeness (QED) is 0.514. The Morgan fingerprint density at radius 3 is 2.64 bits per heavy atom. The van der Waals surface area contributed by atoms with Gasteiger partial charge in [-0.05, 0) is 24.2 Å². The van der Waals surface area contributed by atoms with E-state index in [0.717, 1.165) is 5.92 Å². The van der Waals surface area contributed by atoms with Crippen LogP contribution in [0.25, 0.3) is 0 Å². The molecule has 11 heavy (non-hydrogen) atoms. The van der Waals surface area contributed by atoms with Crippen LogP contribution in [0.3, 0.4) is 0 Å². The molecule has 1 nitrogen and oxygen atoms in total. The summed E-state index contributed by atoms with van der Waals surface area (Å²) in [5, 5.41) is 9.60. The van der Waals surface area contributed by atoms with Crippen LogP contribution in [0.1, 0.15) is 6.42 Å². The largest absolute Gasteiger partial charge is 0.389 e. The number of allylic oxidation sites excluding steroid dienone is 3. The normalized spacial score (nSPS) is 57.4. The molecule has 0 saturated heterocycles. The van der Waals surface area contributed by atoms with Gasteiger partial charge in [-0.3, -0.25) is 0 Å². The van der Waals surface area contributed by atoms with Crippen molar-refractivity contribution in [3.8, 4) is 0 Å². The Hall–Kier alpha value is -0.560. The zero-order valence-corrected chi connectivity index (χ0v) is 6.35. The van der Waals surface area contributed by atoms with E-state index in [2.05, 4.69) is 18.2 Å². The molecule has 0 spiro atoms. The lowest BCUT2D eigenvalue weighted by Crippen LogP contribution is -2.23. The molecule has 2 bridgehead atoms. The molecule has 1 saturated carbocycles. The molecule has 0 amide bonds. The van der Waals surface area contributed by atoms with Gasteiger partial charge >= 0.3 is 0 Å². The predicted molar refractivity (Wildman–Crippen MR) is 42.9 cm³/mol. The molecule has 58 valence electrons. The topological polar surface area (TPSA) is 20.2 Å². The average molecular weight is 148 g/mol. The van der Waals surface area contributed by atoms with Crippen LogP contribution in [0.5, 0.6) is 0 Å². The van der Waals surface area contributed by atoms with E-state index in [1.54, 1.807) is 0 Å². The van der Waals surface area contributed by atoms with Crippen LogP contribution in [0.2, 0.25) is 0 Å². The van der Waals surface area contributed by atoms with E-state index in [0.29, 0.717) is 17.8 Å². The fourth-order valence-corrected chi connectivity index (χ4v) is 3.02. The van der Waals surface area contributed by atoms with Crippen LogP contribution >= 0.6 is 0 Å². The Kier molecular flexibility index (Phi) is 0.972. The first-order chi connectivity index (χ1) is 5.36. The van der Waals surface area contributed by atoms with Gasteiger partial charge in [-0.1, -0.05) is 24.3 Å². The summed E-state index contributed by atoms with van der Waals surface area (Å²) in [7, 11) is 0. The molecular formula is C10H12O. The number of fused-ring (bicyclic) bond motifs is 5. The van der Waals surface area contributed by atoms with Gasteiger partial charge in [0.2, 0.25) is 0 Å². The van der Waals surface area contributed by atoms with E-state index in [4.69, 9.17) is 0 Å². The standard InChI is InChI=1S/C10H12O/c11-9-4-3-8-6-1-2-7(5-6)10(8)9/h1-4,6-11H,5H2/t6?,7?,8-,9-,10+/m0/s1. The molecule has 1 N–H and O–H groups in total. The monoisotopic (exact) mass is 148 g/mol. The summed E-state index contributed by atoms with van der Waals surface area (Å²) in [5.41, 5.74) is 0. The lowest BCUT2D eigenvalue weighted by atomic mass is 9.84. The third-order valence-electron chi connectivity index (χ3n) is 3.51. The van der Waals surface area contributed by atoms with Crippen LogP contribution in [0.4, 0.5) is 0 Å². The molecule has 1 fully saturated rings. The molecule has 3 aliphatic rings. The van der Waals surface area contributed by atoms with Gasteiger partial charge < -0.3 is 5.11 Å². The van der Waals surface area contributed by atoms with Crippen molar-refractivity contribution in [3.63, 3.8) is 0 Å². The van der Waals surface area contributed by atoms with Crippen molar-refractivity contribution < 1.29 is 5.11 Å². The van der Waals surface area contributed by atoms with Crippen LogP contribution in [-0.2, 0) is 0 Å². The molecule has 0 aromatic heterocycles. The molecular weight excluding hydrogens is 136 g/mol. The lowest BCUT2D eigenvalue weighted by molar-refractivity contribution is 0.132. The number of rotatable bonds is 0. The van der Waals surface area contributed by atoms with Crippen molar-refractivity contribution in [2.24, 2.45) is 23.7 Å². The fourth-order valence-electron chi connectivity index (χ4n) is 3.02. The molecule has 0 aromatic carbocycles. The summed E-state index contributed by atoms with van der Waals surface area (Å²) in [5.74, 6) is 2.62. The third kappa shape index (κ3) is 0.603. The molecule has 1 heteroatoms. The van der Waals surface area contributed by atoms with Gasteiger partial charge in [0.25, 0.3) is 0 Å². The molecule has 0 aromatic rings. The average Bonchev–Trinajstić information content (AvgIpc) is 2.60. The highest BCUT2D eigenvalue weighted by molar-refractivity contribution is 5.24. The Morgan fingerprint density at radius 2 is 1.82 bits per heavy atom. The Balaban J connectivity index is 2.02. The third-order valence-corrected chi connectivity index (χ3v) is 3.51. The minimum atomic E-state index is -0.153. The van der Waals surface area contributed by atoms with E-state index >= 15 is 0 Å². The van der Waals surface area contributed by atoms with Gasteiger partial charge in [0, 0.05) is 5.92 Å². The van der Waals surface area contributed by atoms with Gasteiger partial charge in [0.1, 0.15) is 0 Å². The summed E-state index contributed by atoms with van der Waals surface area (Å²) in [6.45, 7) is 0. The Labute approximate surface area is 66.4 Å². The van der Waals surface area contributed by atoms with Crippen molar-refractivity contribution in [3.05, 3.63) is 24.3 Å². The maximum Gasteiger partial charge on any atom is 0.0760 e. The highest BCUT2D eigenvalue weighted by atomic mass is 16.3.